The highest BCUT2D eigenvalue weighted by atomic mass is 32.2. The van der Waals surface area contributed by atoms with Crippen molar-refractivity contribution in [1.29, 1.82) is 0 Å². The predicted molar refractivity (Wildman–Crippen MR) is 101 cm³/mol. The predicted octanol–water partition coefficient (Wildman–Crippen LogP) is 3.40. The van der Waals surface area contributed by atoms with Crippen molar-refractivity contribution in [2.75, 3.05) is 10.6 Å². The fraction of sp³-hybridized carbons (Fsp3) is 0.389. The van der Waals surface area contributed by atoms with Crippen LogP contribution < -0.4 is 10.6 Å². The number of fused-ring (bicyclic) bond motifs is 1. The first-order chi connectivity index (χ1) is 12.0. The maximum absolute atomic E-state index is 12.6. The van der Waals surface area contributed by atoms with Gasteiger partial charge in [-0.2, -0.15) is 16.9 Å². The molecule has 1 aromatic heterocycles. The van der Waals surface area contributed by atoms with Crippen molar-refractivity contribution in [1.82, 2.24) is 9.78 Å². The van der Waals surface area contributed by atoms with E-state index in [9.17, 15) is 9.59 Å². The Labute approximate surface area is 151 Å². The van der Waals surface area contributed by atoms with Gasteiger partial charge in [0.1, 0.15) is 5.82 Å². The second kappa shape index (κ2) is 7.31. The van der Waals surface area contributed by atoms with Crippen LogP contribution in [0.4, 0.5) is 11.5 Å². The number of rotatable bonds is 5. The van der Waals surface area contributed by atoms with E-state index < -0.39 is 0 Å². The number of nitrogens with one attached hydrogen (secondary N) is 2. The molecule has 0 bridgehead atoms. The molecule has 1 unspecified atom stereocenters. The van der Waals surface area contributed by atoms with Crippen LogP contribution in [0.3, 0.4) is 0 Å². The van der Waals surface area contributed by atoms with Crippen LogP contribution in [0.25, 0.3) is 0 Å². The number of hydrogen-bond donors (Lipinski definition) is 2. The van der Waals surface area contributed by atoms with Gasteiger partial charge in [0.25, 0.3) is 5.91 Å². The third-order valence-electron chi connectivity index (χ3n) is 4.40. The molecule has 0 saturated heterocycles. The van der Waals surface area contributed by atoms with Gasteiger partial charge in [0.2, 0.25) is 5.91 Å². The molecule has 132 valence electrons. The van der Waals surface area contributed by atoms with Crippen molar-refractivity contribution in [3.8, 4) is 0 Å². The topological polar surface area (TPSA) is 76.0 Å². The van der Waals surface area contributed by atoms with Crippen LogP contribution in [-0.4, -0.2) is 21.6 Å². The van der Waals surface area contributed by atoms with E-state index in [-0.39, 0.29) is 17.7 Å². The second-order valence-corrected chi connectivity index (χ2v) is 7.21. The van der Waals surface area contributed by atoms with E-state index in [4.69, 9.17) is 0 Å². The molecule has 1 aliphatic rings. The lowest BCUT2D eigenvalue weighted by Crippen LogP contribution is -2.20. The standard InChI is InChI=1S/C18H22N4O2S/c1-4-11(2)17(23)19-13-7-5-6-12(8-13)18(24)20-16-14-9-25-10-15(14)21-22(16)3/h5-8,11H,4,9-10H2,1-3H3,(H,19,23)(H,20,24). The van der Waals surface area contributed by atoms with Crippen molar-refractivity contribution < 1.29 is 9.59 Å². The smallest absolute Gasteiger partial charge is 0.256 e. The lowest BCUT2D eigenvalue weighted by atomic mass is 10.1. The molecule has 7 heteroatoms. The van der Waals surface area contributed by atoms with E-state index in [1.165, 1.54) is 0 Å². The van der Waals surface area contributed by atoms with Gasteiger partial charge in [-0.1, -0.05) is 19.9 Å². The van der Waals surface area contributed by atoms with Gasteiger partial charge in [-0.25, -0.2) is 0 Å². The Morgan fingerprint density at radius 1 is 1.32 bits per heavy atom. The molecule has 2 heterocycles. The zero-order valence-electron chi connectivity index (χ0n) is 14.6. The summed E-state index contributed by atoms with van der Waals surface area (Å²) < 4.78 is 1.72. The Balaban J connectivity index is 1.75. The van der Waals surface area contributed by atoms with Crippen LogP contribution >= 0.6 is 11.8 Å². The molecule has 1 aromatic carbocycles. The summed E-state index contributed by atoms with van der Waals surface area (Å²) in [5, 5.41) is 10.3. The summed E-state index contributed by atoms with van der Waals surface area (Å²) in [5.41, 5.74) is 3.27. The zero-order chi connectivity index (χ0) is 18.0. The maximum atomic E-state index is 12.6. The van der Waals surface area contributed by atoms with Gasteiger partial charge in [-0.05, 0) is 24.6 Å². The monoisotopic (exact) mass is 358 g/mol. The summed E-state index contributed by atoms with van der Waals surface area (Å²) in [4.78, 5) is 24.6. The van der Waals surface area contributed by atoms with E-state index in [0.717, 1.165) is 35.0 Å². The minimum Gasteiger partial charge on any atom is -0.326 e. The first-order valence-corrected chi connectivity index (χ1v) is 9.49. The van der Waals surface area contributed by atoms with Crippen molar-refractivity contribution in [3.05, 3.63) is 41.1 Å². The molecule has 1 aliphatic heterocycles. The van der Waals surface area contributed by atoms with E-state index in [0.29, 0.717) is 11.3 Å². The fourth-order valence-electron chi connectivity index (χ4n) is 2.67. The molecule has 0 fully saturated rings. The van der Waals surface area contributed by atoms with Crippen LogP contribution in [0.1, 0.15) is 41.9 Å². The molecule has 3 rings (SSSR count). The van der Waals surface area contributed by atoms with E-state index in [2.05, 4.69) is 15.7 Å². The zero-order valence-corrected chi connectivity index (χ0v) is 15.4. The van der Waals surface area contributed by atoms with Gasteiger partial charge in [0, 0.05) is 41.3 Å². The highest BCUT2D eigenvalue weighted by Gasteiger charge is 2.23. The third kappa shape index (κ3) is 3.71. The number of aromatic nitrogens is 2. The van der Waals surface area contributed by atoms with Crippen molar-refractivity contribution in [2.24, 2.45) is 13.0 Å². The van der Waals surface area contributed by atoms with Crippen molar-refractivity contribution in [3.63, 3.8) is 0 Å². The Morgan fingerprint density at radius 3 is 2.88 bits per heavy atom. The molecule has 25 heavy (non-hydrogen) atoms. The summed E-state index contributed by atoms with van der Waals surface area (Å²) in [6.45, 7) is 3.85. The van der Waals surface area contributed by atoms with Gasteiger partial charge in [-0.15, -0.1) is 0 Å². The molecule has 2 N–H and O–H groups in total. The summed E-state index contributed by atoms with van der Waals surface area (Å²) in [6, 6.07) is 6.99. The first kappa shape index (κ1) is 17.5. The Morgan fingerprint density at radius 2 is 2.12 bits per heavy atom. The number of carbonyl (C=O) groups is 2. The Bertz CT molecular complexity index is 815. The fourth-order valence-corrected chi connectivity index (χ4v) is 3.70. The summed E-state index contributed by atoms with van der Waals surface area (Å²) >= 11 is 1.79. The summed E-state index contributed by atoms with van der Waals surface area (Å²) in [5.74, 6) is 2.19. The van der Waals surface area contributed by atoms with E-state index >= 15 is 0 Å². The average Bonchev–Trinajstić information content (AvgIpc) is 3.16. The molecular formula is C18H22N4O2S. The van der Waals surface area contributed by atoms with Gasteiger partial charge < -0.3 is 10.6 Å². The van der Waals surface area contributed by atoms with Gasteiger partial charge in [0.05, 0.1) is 5.69 Å². The Kier molecular flexibility index (Phi) is 5.13. The van der Waals surface area contributed by atoms with Crippen LogP contribution in [-0.2, 0) is 23.3 Å². The normalized spacial score (nSPS) is 14.0. The first-order valence-electron chi connectivity index (χ1n) is 8.34. The SMILES string of the molecule is CCC(C)C(=O)Nc1cccc(C(=O)Nc2c3c(nn2C)CSC3)c1. The van der Waals surface area contributed by atoms with Crippen LogP contribution in [0, 0.1) is 5.92 Å². The third-order valence-corrected chi connectivity index (χ3v) is 5.37. The molecule has 6 nitrogen and oxygen atoms in total. The Hall–Kier alpha value is -2.28. The highest BCUT2D eigenvalue weighted by molar-refractivity contribution is 7.98. The molecule has 1 atom stereocenters. The van der Waals surface area contributed by atoms with Crippen LogP contribution in [0.5, 0.6) is 0 Å². The molecular weight excluding hydrogens is 336 g/mol. The number of benzene rings is 1. The number of aryl methyl sites for hydroxylation is 1. The van der Waals surface area contributed by atoms with Gasteiger partial charge in [-0.3, -0.25) is 14.3 Å². The summed E-state index contributed by atoms with van der Waals surface area (Å²) in [6.07, 6.45) is 0.773. The lowest BCUT2D eigenvalue weighted by Gasteiger charge is -2.11. The van der Waals surface area contributed by atoms with E-state index in [1.54, 1.807) is 40.7 Å². The van der Waals surface area contributed by atoms with Crippen molar-refractivity contribution in [2.45, 2.75) is 31.8 Å². The number of hydrogen-bond acceptors (Lipinski definition) is 4. The lowest BCUT2D eigenvalue weighted by molar-refractivity contribution is -0.119. The van der Waals surface area contributed by atoms with Crippen LogP contribution in [0.15, 0.2) is 24.3 Å². The summed E-state index contributed by atoms with van der Waals surface area (Å²) in [7, 11) is 1.83. The quantitative estimate of drug-likeness (QED) is 0.859. The molecule has 2 amide bonds. The second-order valence-electron chi connectivity index (χ2n) is 6.22. The number of thioether (sulfide) groups is 1. The number of carbonyl (C=O) groups excluding carboxylic acids is 2. The minimum atomic E-state index is -0.206. The van der Waals surface area contributed by atoms with Gasteiger partial charge >= 0.3 is 0 Å². The van der Waals surface area contributed by atoms with Gasteiger partial charge in [0.15, 0.2) is 0 Å². The molecule has 0 spiro atoms. The molecule has 0 aliphatic carbocycles. The number of anilines is 2. The number of amides is 2. The van der Waals surface area contributed by atoms with E-state index in [1.807, 2.05) is 20.9 Å². The molecule has 2 aromatic rings. The number of nitrogens with zero attached hydrogens (tertiary/aromatic N) is 2. The highest BCUT2D eigenvalue weighted by Crippen LogP contribution is 2.34. The van der Waals surface area contributed by atoms with Crippen LogP contribution in [0.2, 0.25) is 0 Å². The molecule has 0 radical (unpaired) electrons. The minimum absolute atomic E-state index is 0.0402. The largest absolute Gasteiger partial charge is 0.326 e. The average molecular weight is 358 g/mol. The maximum Gasteiger partial charge on any atom is 0.256 e. The van der Waals surface area contributed by atoms with Crippen molar-refractivity contribution >= 4 is 35.1 Å². The molecule has 0 saturated carbocycles.